The smallest absolute Gasteiger partial charge is 0.306 e. The highest BCUT2D eigenvalue weighted by Gasteiger charge is 2.45. The summed E-state index contributed by atoms with van der Waals surface area (Å²) in [5.74, 6) is -0.780. The van der Waals surface area contributed by atoms with Gasteiger partial charge in [-0.1, -0.05) is 0 Å². The molecule has 1 amide bonds. The summed E-state index contributed by atoms with van der Waals surface area (Å²) in [4.78, 5) is 21.4. The molecule has 0 atom stereocenters. The molecule has 2 aliphatic rings. The van der Waals surface area contributed by atoms with Gasteiger partial charge in [0.05, 0.1) is 5.92 Å². The fraction of sp³-hybridized carbons (Fsp3) is 0.778. The van der Waals surface area contributed by atoms with Crippen molar-refractivity contribution in [2.45, 2.75) is 37.6 Å². The Balaban J connectivity index is 1.90. The number of hydrogen-bond acceptors (Lipinski definition) is 2. The van der Waals surface area contributed by atoms with Crippen LogP contribution in [-0.2, 0) is 9.59 Å². The van der Waals surface area contributed by atoms with Crippen LogP contribution in [0.15, 0.2) is 0 Å². The molecule has 1 saturated carbocycles. The van der Waals surface area contributed by atoms with Crippen LogP contribution in [0.4, 0.5) is 0 Å². The Morgan fingerprint density at radius 2 is 2.00 bits per heavy atom. The first kappa shape index (κ1) is 8.53. The molecule has 0 aromatic heterocycles. The highest BCUT2D eigenvalue weighted by molar-refractivity contribution is 5.84. The quantitative estimate of drug-likeness (QED) is 0.582. The molecule has 72 valence electrons. The number of nitrogens with one attached hydrogen (secondary N) is 1. The third-order valence-electron chi connectivity index (χ3n) is 3.20. The SMILES string of the molecule is O=C1CC2(CCC(C(=O)O)CC2)N1. The lowest BCUT2D eigenvalue weighted by Gasteiger charge is -2.46. The van der Waals surface area contributed by atoms with Crippen LogP contribution in [0, 0.1) is 5.92 Å². The zero-order valence-electron chi connectivity index (χ0n) is 7.38. The predicted molar refractivity (Wildman–Crippen MR) is 45.1 cm³/mol. The van der Waals surface area contributed by atoms with E-state index in [1.165, 1.54) is 0 Å². The predicted octanol–water partition coefficient (Wildman–Crippen LogP) is 0.520. The van der Waals surface area contributed by atoms with Crippen molar-refractivity contribution < 1.29 is 14.7 Å². The zero-order chi connectivity index (χ0) is 9.47. The fourth-order valence-electron chi connectivity index (χ4n) is 2.30. The molecular weight excluding hydrogens is 170 g/mol. The highest BCUT2D eigenvalue weighted by atomic mass is 16.4. The van der Waals surface area contributed by atoms with E-state index in [1.54, 1.807) is 0 Å². The molecule has 0 radical (unpaired) electrons. The third kappa shape index (κ3) is 1.41. The van der Waals surface area contributed by atoms with Gasteiger partial charge in [-0.15, -0.1) is 0 Å². The molecular formula is C9H13NO3. The van der Waals surface area contributed by atoms with E-state index in [1.807, 2.05) is 0 Å². The van der Waals surface area contributed by atoms with Crippen molar-refractivity contribution in [2.24, 2.45) is 5.92 Å². The summed E-state index contributed by atoms with van der Waals surface area (Å²) >= 11 is 0. The Morgan fingerprint density at radius 3 is 2.38 bits per heavy atom. The summed E-state index contributed by atoms with van der Waals surface area (Å²) in [7, 11) is 0. The van der Waals surface area contributed by atoms with Crippen LogP contribution in [0.1, 0.15) is 32.1 Å². The van der Waals surface area contributed by atoms with E-state index >= 15 is 0 Å². The standard InChI is InChI=1S/C9H13NO3/c11-7-5-9(10-7)3-1-6(2-4-9)8(12)13/h6H,1-5H2,(H,10,11)(H,12,13). The highest BCUT2D eigenvalue weighted by Crippen LogP contribution is 2.38. The fourth-order valence-corrected chi connectivity index (χ4v) is 2.30. The third-order valence-corrected chi connectivity index (χ3v) is 3.20. The van der Waals surface area contributed by atoms with Gasteiger partial charge in [-0.2, -0.15) is 0 Å². The molecule has 4 nitrogen and oxygen atoms in total. The van der Waals surface area contributed by atoms with E-state index in [4.69, 9.17) is 5.11 Å². The van der Waals surface area contributed by atoms with Gasteiger partial charge in [0.2, 0.25) is 5.91 Å². The van der Waals surface area contributed by atoms with Crippen LogP contribution in [0.2, 0.25) is 0 Å². The molecule has 13 heavy (non-hydrogen) atoms. The molecule has 1 aliphatic carbocycles. The Labute approximate surface area is 76.3 Å². The summed E-state index contributed by atoms with van der Waals surface area (Å²) in [6.07, 6.45) is 3.66. The summed E-state index contributed by atoms with van der Waals surface area (Å²) < 4.78 is 0. The van der Waals surface area contributed by atoms with E-state index in [2.05, 4.69) is 5.32 Å². The number of rotatable bonds is 1. The molecule has 4 heteroatoms. The molecule has 1 spiro atoms. The van der Waals surface area contributed by atoms with Crippen molar-refractivity contribution in [3.63, 3.8) is 0 Å². The number of carboxylic acids is 1. The van der Waals surface area contributed by atoms with Gasteiger partial charge in [0.15, 0.2) is 0 Å². The number of carboxylic acid groups (broad SMARTS) is 1. The number of carbonyl (C=O) groups excluding carboxylic acids is 1. The first-order valence-corrected chi connectivity index (χ1v) is 4.65. The van der Waals surface area contributed by atoms with Gasteiger partial charge in [-0.25, -0.2) is 0 Å². The van der Waals surface area contributed by atoms with Crippen LogP contribution in [0.3, 0.4) is 0 Å². The van der Waals surface area contributed by atoms with Crippen LogP contribution >= 0.6 is 0 Å². The molecule has 0 bridgehead atoms. The van der Waals surface area contributed by atoms with E-state index in [0.717, 1.165) is 12.8 Å². The number of amides is 1. The van der Waals surface area contributed by atoms with Crippen molar-refractivity contribution in [3.05, 3.63) is 0 Å². The van der Waals surface area contributed by atoms with Gasteiger partial charge < -0.3 is 10.4 Å². The second-order valence-corrected chi connectivity index (χ2v) is 4.12. The second kappa shape index (κ2) is 2.72. The van der Waals surface area contributed by atoms with Gasteiger partial charge >= 0.3 is 5.97 Å². The topological polar surface area (TPSA) is 66.4 Å². The Bertz CT molecular complexity index is 244. The minimum Gasteiger partial charge on any atom is -0.481 e. The van der Waals surface area contributed by atoms with Crippen molar-refractivity contribution in [1.29, 1.82) is 0 Å². The van der Waals surface area contributed by atoms with Gasteiger partial charge in [0, 0.05) is 12.0 Å². The molecule has 2 fully saturated rings. The monoisotopic (exact) mass is 183 g/mol. The summed E-state index contributed by atoms with van der Waals surface area (Å²) in [6.45, 7) is 0. The molecule has 1 aliphatic heterocycles. The van der Waals surface area contributed by atoms with E-state index in [-0.39, 0.29) is 17.4 Å². The Hall–Kier alpha value is -1.06. The summed E-state index contributed by atoms with van der Waals surface area (Å²) in [5, 5.41) is 11.6. The lowest BCUT2D eigenvalue weighted by molar-refractivity contribution is -0.144. The van der Waals surface area contributed by atoms with Crippen LogP contribution in [-0.4, -0.2) is 22.5 Å². The summed E-state index contributed by atoms with van der Waals surface area (Å²) in [5.41, 5.74) is -0.0248. The number of hydrogen-bond donors (Lipinski definition) is 2. The van der Waals surface area contributed by atoms with Gasteiger partial charge in [-0.05, 0) is 25.7 Å². The lowest BCUT2D eigenvalue weighted by Crippen LogP contribution is -2.62. The molecule has 2 N–H and O–H groups in total. The maximum atomic E-state index is 10.8. The van der Waals surface area contributed by atoms with Crippen LogP contribution in [0.5, 0.6) is 0 Å². The Kier molecular flexibility index (Phi) is 1.78. The largest absolute Gasteiger partial charge is 0.481 e. The normalized spacial score (nSPS) is 38.2. The van der Waals surface area contributed by atoms with E-state index in [0.29, 0.717) is 19.3 Å². The summed E-state index contributed by atoms with van der Waals surface area (Å²) in [6, 6.07) is 0. The van der Waals surface area contributed by atoms with Crippen LogP contribution in [0.25, 0.3) is 0 Å². The van der Waals surface area contributed by atoms with Crippen molar-refractivity contribution in [3.8, 4) is 0 Å². The minimum absolute atomic E-state index is 0.0248. The van der Waals surface area contributed by atoms with Gasteiger partial charge in [-0.3, -0.25) is 9.59 Å². The molecule has 0 unspecified atom stereocenters. The maximum Gasteiger partial charge on any atom is 0.306 e. The molecule has 2 rings (SSSR count). The van der Waals surface area contributed by atoms with Crippen molar-refractivity contribution in [2.75, 3.05) is 0 Å². The average Bonchev–Trinajstić information content (AvgIpc) is 2.03. The first-order chi connectivity index (χ1) is 6.11. The minimum atomic E-state index is -0.694. The average molecular weight is 183 g/mol. The molecule has 1 heterocycles. The second-order valence-electron chi connectivity index (χ2n) is 4.12. The maximum absolute atomic E-state index is 10.8. The molecule has 0 aromatic rings. The number of β-lactam (4-membered cyclic amide) rings is 1. The number of carbonyl (C=O) groups is 2. The van der Waals surface area contributed by atoms with Gasteiger partial charge in [0.25, 0.3) is 0 Å². The molecule has 1 saturated heterocycles. The van der Waals surface area contributed by atoms with Crippen molar-refractivity contribution >= 4 is 11.9 Å². The first-order valence-electron chi connectivity index (χ1n) is 4.65. The number of aliphatic carboxylic acids is 1. The van der Waals surface area contributed by atoms with Gasteiger partial charge in [0.1, 0.15) is 0 Å². The molecule has 0 aromatic carbocycles. The van der Waals surface area contributed by atoms with Crippen molar-refractivity contribution in [1.82, 2.24) is 5.32 Å². The Morgan fingerprint density at radius 1 is 1.46 bits per heavy atom. The van der Waals surface area contributed by atoms with Crippen LogP contribution < -0.4 is 5.32 Å². The zero-order valence-corrected chi connectivity index (χ0v) is 7.38. The van der Waals surface area contributed by atoms with E-state index < -0.39 is 5.97 Å². The lowest BCUT2D eigenvalue weighted by atomic mass is 9.71. The van der Waals surface area contributed by atoms with E-state index in [9.17, 15) is 9.59 Å².